The number of fused-ring (bicyclic) bond motifs is 1. The molecule has 30 heavy (non-hydrogen) atoms. The van der Waals surface area contributed by atoms with Gasteiger partial charge in [0.2, 0.25) is 5.95 Å². The first-order valence-corrected chi connectivity index (χ1v) is 11.5. The third-order valence-corrected chi connectivity index (χ3v) is 6.87. The molecular formula is C19H25N7O3S. The number of amides is 1. The summed E-state index contributed by atoms with van der Waals surface area (Å²) in [7, 11) is -2.49. The van der Waals surface area contributed by atoms with Gasteiger partial charge in [0, 0.05) is 47.9 Å². The van der Waals surface area contributed by atoms with E-state index in [1.807, 2.05) is 24.5 Å². The molecule has 3 aromatic rings. The third-order valence-electron chi connectivity index (χ3n) is 5.05. The van der Waals surface area contributed by atoms with Gasteiger partial charge in [0.25, 0.3) is 5.91 Å². The van der Waals surface area contributed by atoms with Crippen molar-refractivity contribution < 1.29 is 13.9 Å². The van der Waals surface area contributed by atoms with Crippen molar-refractivity contribution >= 4 is 45.0 Å². The minimum absolute atomic E-state index is 0.0683. The number of anilines is 3. The Bertz CT molecular complexity index is 1100. The van der Waals surface area contributed by atoms with Crippen LogP contribution in [0.15, 0.2) is 30.7 Å². The van der Waals surface area contributed by atoms with E-state index in [0.29, 0.717) is 46.5 Å². The van der Waals surface area contributed by atoms with E-state index in [9.17, 15) is 13.9 Å². The van der Waals surface area contributed by atoms with Gasteiger partial charge < -0.3 is 20.9 Å². The van der Waals surface area contributed by atoms with Crippen LogP contribution in [0.3, 0.4) is 0 Å². The molecule has 1 amide bonds. The molecule has 1 aliphatic heterocycles. The predicted octanol–water partition coefficient (Wildman–Crippen LogP) is 3.18. The van der Waals surface area contributed by atoms with Crippen LogP contribution in [-0.4, -0.2) is 52.1 Å². The zero-order valence-corrected chi connectivity index (χ0v) is 17.6. The summed E-state index contributed by atoms with van der Waals surface area (Å²) in [5.41, 5.74) is 6.79. The maximum atomic E-state index is 11.8. The molecule has 0 aliphatic carbocycles. The average Bonchev–Trinajstić information content (AvgIpc) is 3.21. The third kappa shape index (κ3) is 4.18. The smallest absolute Gasteiger partial charge is 0.250 e. The lowest BCUT2D eigenvalue weighted by Gasteiger charge is -2.26. The zero-order valence-electron chi connectivity index (χ0n) is 16.7. The molecule has 1 unspecified atom stereocenters. The number of carbonyl (C=O) groups excluding carboxylic acids is 1. The highest BCUT2D eigenvalue weighted by molar-refractivity contribution is 8.24. The molecule has 1 fully saturated rings. The Balaban J connectivity index is 1.57. The zero-order chi connectivity index (χ0) is 21.5. The molecule has 0 spiro atoms. The second kappa shape index (κ2) is 7.74. The van der Waals surface area contributed by atoms with Crippen molar-refractivity contribution in [1.82, 2.24) is 19.5 Å². The van der Waals surface area contributed by atoms with Crippen molar-refractivity contribution in [3.8, 4) is 0 Å². The van der Waals surface area contributed by atoms with Crippen LogP contribution in [0.5, 0.6) is 0 Å². The van der Waals surface area contributed by atoms with Gasteiger partial charge >= 0.3 is 0 Å². The minimum atomic E-state index is -2.49. The summed E-state index contributed by atoms with van der Waals surface area (Å²) < 4.78 is 21.5. The Hall–Kier alpha value is -2.89. The Morgan fingerprint density at radius 2 is 2.13 bits per heavy atom. The van der Waals surface area contributed by atoms with Crippen molar-refractivity contribution in [2.75, 3.05) is 22.1 Å². The van der Waals surface area contributed by atoms with Crippen molar-refractivity contribution in [1.29, 1.82) is 0 Å². The lowest BCUT2D eigenvalue weighted by molar-refractivity contribution is 0.100. The molecule has 1 aliphatic rings. The lowest BCUT2D eigenvalue weighted by atomic mass is 10.2. The predicted molar refractivity (Wildman–Crippen MR) is 119 cm³/mol. The highest BCUT2D eigenvalue weighted by Gasteiger charge is 2.28. The Morgan fingerprint density at radius 1 is 1.33 bits per heavy atom. The van der Waals surface area contributed by atoms with Gasteiger partial charge in [-0.3, -0.25) is 13.9 Å². The Morgan fingerprint density at radius 3 is 2.80 bits per heavy atom. The Kier molecular flexibility index (Phi) is 5.26. The van der Waals surface area contributed by atoms with Gasteiger partial charge in [-0.25, -0.2) is 9.97 Å². The van der Waals surface area contributed by atoms with Gasteiger partial charge in [-0.2, -0.15) is 15.6 Å². The van der Waals surface area contributed by atoms with E-state index in [0.717, 1.165) is 5.52 Å². The van der Waals surface area contributed by atoms with E-state index < -0.39 is 16.5 Å². The lowest BCUT2D eigenvalue weighted by Crippen LogP contribution is -2.21. The number of rotatable bonds is 6. The summed E-state index contributed by atoms with van der Waals surface area (Å²) in [4.78, 5) is 24.8. The largest absolute Gasteiger partial charge is 0.366 e. The normalized spacial score (nSPS) is 19.2. The maximum absolute atomic E-state index is 11.8. The van der Waals surface area contributed by atoms with Crippen LogP contribution in [0, 0.1) is 0 Å². The van der Waals surface area contributed by atoms with E-state index in [4.69, 9.17) is 5.73 Å². The van der Waals surface area contributed by atoms with Crippen molar-refractivity contribution in [3.05, 3.63) is 36.3 Å². The molecule has 4 heterocycles. The molecule has 11 heteroatoms. The van der Waals surface area contributed by atoms with Crippen LogP contribution in [-0.2, 0) is 0 Å². The van der Waals surface area contributed by atoms with E-state index >= 15 is 0 Å². The number of nitrogens with one attached hydrogen (secondary N) is 2. The number of hydrogen-bond donors (Lipinski definition) is 5. The van der Waals surface area contributed by atoms with Crippen LogP contribution >= 0.6 is 10.6 Å². The second-order valence-corrected chi connectivity index (χ2v) is 10.0. The van der Waals surface area contributed by atoms with Gasteiger partial charge in [-0.05, 0) is 26.3 Å². The second-order valence-electron chi connectivity index (χ2n) is 7.69. The maximum Gasteiger partial charge on any atom is 0.250 e. The number of hydrogen-bond acceptors (Lipinski definition) is 8. The molecule has 160 valence electrons. The number of pyridine rings is 1. The molecule has 1 saturated heterocycles. The van der Waals surface area contributed by atoms with Gasteiger partial charge in [0.15, 0.2) is 0 Å². The molecule has 0 bridgehead atoms. The van der Waals surface area contributed by atoms with Crippen LogP contribution in [0.25, 0.3) is 10.9 Å². The molecule has 0 radical (unpaired) electrons. The molecule has 0 aromatic carbocycles. The van der Waals surface area contributed by atoms with Crippen molar-refractivity contribution in [2.45, 2.75) is 32.4 Å². The highest BCUT2D eigenvalue weighted by Crippen LogP contribution is 2.46. The minimum Gasteiger partial charge on any atom is -0.366 e. The number of carbonyl (C=O) groups is 1. The van der Waals surface area contributed by atoms with Crippen LogP contribution in [0.2, 0.25) is 0 Å². The SMILES string of the molecule is CC(C)n1cc(C(N)=O)c2cnc(Nc3ccnc(NC4CCS(O)(O)C4)n3)cc21. The monoisotopic (exact) mass is 431 g/mol. The summed E-state index contributed by atoms with van der Waals surface area (Å²) >= 11 is 0. The fourth-order valence-electron chi connectivity index (χ4n) is 3.58. The van der Waals surface area contributed by atoms with Crippen molar-refractivity contribution in [3.63, 3.8) is 0 Å². The van der Waals surface area contributed by atoms with Crippen LogP contribution in [0.4, 0.5) is 17.6 Å². The van der Waals surface area contributed by atoms with Gasteiger partial charge in [-0.1, -0.05) is 0 Å². The molecular weight excluding hydrogens is 406 g/mol. The fraction of sp³-hybridized carbons (Fsp3) is 0.368. The molecule has 3 aromatic heterocycles. The fourth-order valence-corrected chi connectivity index (χ4v) is 5.30. The first kappa shape index (κ1) is 20.4. The summed E-state index contributed by atoms with van der Waals surface area (Å²) in [5.74, 6) is 1.73. The van der Waals surface area contributed by atoms with E-state index in [-0.39, 0.29) is 12.1 Å². The molecule has 4 rings (SSSR count). The number of nitrogens with two attached hydrogens (primary N) is 1. The number of aromatic nitrogens is 4. The van der Waals surface area contributed by atoms with Crippen molar-refractivity contribution in [2.24, 2.45) is 5.73 Å². The standard InChI is InChI=1S/C19H25N7O3S/c1-11(2)26-9-14(18(20)27)13-8-22-17(7-15(13)26)24-16-3-5-21-19(25-16)23-12-4-6-30(28,29)10-12/h3,5,7-9,11-12,28-29H,4,6,10H2,1-2H3,(H2,20,27)(H2,21,22,23,24,25). The first-order chi connectivity index (χ1) is 14.2. The molecule has 0 saturated carbocycles. The first-order valence-electron chi connectivity index (χ1n) is 9.62. The summed E-state index contributed by atoms with van der Waals surface area (Å²) in [6.07, 6.45) is 5.66. The Labute approximate surface area is 175 Å². The van der Waals surface area contributed by atoms with E-state index in [1.165, 1.54) is 0 Å². The highest BCUT2D eigenvalue weighted by atomic mass is 32.3. The van der Waals surface area contributed by atoms with Crippen LogP contribution < -0.4 is 16.4 Å². The quantitative estimate of drug-likeness (QED) is 0.399. The average molecular weight is 432 g/mol. The summed E-state index contributed by atoms with van der Waals surface area (Å²) in [6.45, 7) is 4.05. The number of nitrogens with zero attached hydrogens (tertiary/aromatic N) is 4. The molecule has 1 atom stereocenters. The van der Waals surface area contributed by atoms with Gasteiger partial charge in [0.1, 0.15) is 11.6 Å². The number of primary amides is 1. The topological polar surface area (TPSA) is 151 Å². The van der Waals surface area contributed by atoms with E-state index in [2.05, 4.69) is 25.6 Å². The molecule has 6 N–H and O–H groups in total. The molecule has 10 nitrogen and oxygen atoms in total. The van der Waals surface area contributed by atoms with Gasteiger partial charge in [0.05, 0.1) is 16.8 Å². The summed E-state index contributed by atoms with van der Waals surface area (Å²) in [6, 6.07) is 3.64. The van der Waals surface area contributed by atoms with Crippen LogP contribution in [0.1, 0.15) is 36.7 Å². The van der Waals surface area contributed by atoms with Gasteiger partial charge in [-0.15, -0.1) is 0 Å². The van der Waals surface area contributed by atoms with E-state index in [1.54, 1.807) is 24.7 Å². The summed E-state index contributed by atoms with van der Waals surface area (Å²) in [5, 5.41) is 7.01.